The fourth-order valence-electron chi connectivity index (χ4n) is 3.85. The van der Waals surface area contributed by atoms with Gasteiger partial charge in [-0.15, -0.1) is 0 Å². The molecule has 4 rings (SSSR count). The molecule has 152 valence electrons. The minimum absolute atomic E-state index is 0.0261. The first kappa shape index (κ1) is 19.6. The van der Waals surface area contributed by atoms with E-state index < -0.39 is 0 Å². The zero-order chi connectivity index (χ0) is 20.4. The maximum Gasteiger partial charge on any atom is 0.253 e. The smallest absolute Gasteiger partial charge is 0.253 e. The Kier molecular flexibility index (Phi) is 5.62. The van der Waals surface area contributed by atoms with Gasteiger partial charge in [-0.1, -0.05) is 12.1 Å². The molecular weight excluding hydrogens is 369 g/mol. The molecule has 1 aliphatic carbocycles. The van der Waals surface area contributed by atoms with Crippen LogP contribution in [0.25, 0.3) is 0 Å². The normalized spacial score (nSPS) is 18.3. The third kappa shape index (κ3) is 4.65. The molecule has 2 aromatic carbocycles. The third-order valence-corrected chi connectivity index (χ3v) is 5.79. The number of benzene rings is 2. The van der Waals surface area contributed by atoms with E-state index in [1.54, 1.807) is 36.4 Å². The summed E-state index contributed by atoms with van der Waals surface area (Å²) in [5.74, 6) is -0.333. The van der Waals surface area contributed by atoms with Crippen molar-refractivity contribution in [2.45, 2.75) is 18.8 Å². The van der Waals surface area contributed by atoms with E-state index in [-0.39, 0.29) is 23.5 Å². The highest BCUT2D eigenvalue weighted by molar-refractivity contribution is 5.98. The van der Waals surface area contributed by atoms with Crippen molar-refractivity contribution in [2.75, 3.05) is 38.5 Å². The fourth-order valence-corrected chi connectivity index (χ4v) is 3.85. The van der Waals surface area contributed by atoms with E-state index in [4.69, 9.17) is 0 Å². The first-order chi connectivity index (χ1) is 14.0. The van der Waals surface area contributed by atoms with Crippen molar-refractivity contribution in [2.24, 2.45) is 5.92 Å². The summed E-state index contributed by atoms with van der Waals surface area (Å²) in [5, 5.41) is 2.96. The minimum atomic E-state index is -0.302. The molecule has 1 aliphatic heterocycles. The molecule has 1 atom stereocenters. The summed E-state index contributed by atoms with van der Waals surface area (Å²) in [4.78, 5) is 29.6. The number of carbonyl (C=O) groups is 2. The van der Waals surface area contributed by atoms with Crippen LogP contribution in [-0.2, 0) is 4.79 Å². The van der Waals surface area contributed by atoms with Gasteiger partial charge in [0.2, 0.25) is 5.91 Å². The maximum atomic E-state index is 13.2. The van der Waals surface area contributed by atoms with Crippen LogP contribution in [0.3, 0.4) is 0 Å². The monoisotopic (exact) mass is 395 g/mol. The Hall–Kier alpha value is -2.73. The molecule has 1 N–H and O–H groups in total. The van der Waals surface area contributed by atoms with Gasteiger partial charge in [0.05, 0.1) is 5.92 Å². The zero-order valence-corrected chi connectivity index (χ0v) is 16.6. The summed E-state index contributed by atoms with van der Waals surface area (Å²) < 4.78 is 13.2. The summed E-state index contributed by atoms with van der Waals surface area (Å²) >= 11 is 0. The van der Waals surface area contributed by atoms with Crippen molar-refractivity contribution in [3.05, 3.63) is 65.5 Å². The molecule has 2 amide bonds. The molecule has 2 aliphatic rings. The Morgan fingerprint density at radius 1 is 0.966 bits per heavy atom. The van der Waals surface area contributed by atoms with Crippen LogP contribution >= 0.6 is 0 Å². The molecule has 2 fully saturated rings. The zero-order valence-electron chi connectivity index (χ0n) is 16.6. The fraction of sp³-hybridized carbons (Fsp3) is 0.391. The number of nitrogens with one attached hydrogen (secondary N) is 1. The number of anilines is 1. The summed E-state index contributed by atoms with van der Waals surface area (Å²) in [6.07, 6.45) is 2.02. The Morgan fingerprint density at radius 2 is 1.59 bits per heavy atom. The van der Waals surface area contributed by atoms with Crippen LogP contribution in [0.2, 0.25) is 0 Å². The Balaban J connectivity index is 1.41. The Morgan fingerprint density at radius 3 is 2.17 bits per heavy atom. The lowest BCUT2D eigenvalue weighted by Gasteiger charge is -2.32. The minimum Gasteiger partial charge on any atom is -0.336 e. The van der Waals surface area contributed by atoms with Gasteiger partial charge in [0.25, 0.3) is 5.91 Å². The number of amides is 2. The first-order valence-corrected chi connectivity index (χ1v) is 10.2. The predicted octanol–water partition coefficient (Wildman–Crippen LogP) is 3.35. The molecule has 6 heteroatoms. The van der Waals surface area contributed by atoms with Crippen molar-refractivity contribution in [1.29, 1.82) is 0 Å². The number of nitrogens with zero attached hydrogens (tertiary/aromatic N) is 2. The number of hydrogen-bond acceptors (Lipinski definition) is 3. The van der Waals surface area contributed by atoms with Crippen molar-refractivity contribution in [3.63, 3.8) is 0 Å². The lowest BCUT2D eigenvalue weighted by Crippen LogP contribution is -2.47. The van der Waals surface area contributed by atoms with Crippen molar-refractivity contribution in [3.8, 4) is 0 Å². The van der Waals surface area contributed by atoms with Crippen molar-refractivity contribution in [1.82, 2.24) is 9.80 Å². The second-order valence-corrected chi connectivity index (χ2v) is 8.03. The predicted molar refractivity (Wildman–Crippen MR) is 110 cm³/mol. The molecule has 0 spiro atoms. The van der Waals surface area contributed by atoms with Gasteiger partial charge in [0.15, 0.2) is 0 Å². The van der Waals surface area contributed by atoms with E-state index >= 15 is 0 Å². The molecule has 29 heavy (non-hydrogen) atoms. The van der Waals surface area contributed by atoms with Gasteiger partial charge in [-0.05, 0) is 67.8 Å². The van der Waals surface area contributed by atoms with Crippen molar-refractivity contribution >= 4 is 17.5 Å². The number of halogens is 1. The number of hydrogen-bond donors (Lipinski definition) is 1. The van der Waals surface area contributed by atoms with Crippen LogP contribution in [0.5, 0.6) is 0 Å². The number of rotatable bonds is 5. The molecule has 0 bridgehead atoms. The Labute approximate surface area is 170 Å². The lowest BCUT2D eigenvalue weighted by atomic mass is 9.93. The third-order valence-electron chi connectivity index (χ3n) is 5.79. The second kappa shape index (κ2) is 8.33. The van der Waals surface area contributed by atoms with E-state index in [0.29, 0.717) is 17.2 Å². The van der Waals surface area contributed by atoms with Gasteiger partial charge in [-0.3, -0.25) is 9.59 Å². The Bertz CT molecular complexity index is 870. The van der Waals surface area contributed by atoms with E-state index in [0.717, 1.165) is 44.6 Å². The average molecular weight is 395 g/mol. The van der Waals surface area contributed by atoms with Gasteiger partial charge < -0.3 is 15.1 Å². The van der Waals surface area contributed by atoms with E-state index in [2.05, 4.69) is 17.3 Å². The number of piperazine rings is 1. The molecule has 1 heterocycles. The number of carbonyl (C=O) groups excluding carboxylic acids is 2. The van der Waals surface area contributed by atoms with Crippen LogP contribution in [0.4, 0.5) is 10.1 Å². The number of likely N-dealkylation sites (N-methyl/N-ethyl adjacent to an activating group) is 1. The highest BCUT2D eigenvalue weighted by atomic mass is 19.1. The van der Waals surface area contributed by atoms with Crippen LogP contribution in [0.15, 0.2) is 48.5 Å². The topological polar surface area (TPSA) is 52.6 Å². The van der Waals surface area contributed by atoms with Gasteiger partial charge in [0.1, 0.15) is 5.82 Å². The maximum absolute atomic E-state index is 13.2. The van der Waals surface area contributed by atoms with Gasteiger partial charge in [0, 0.05) is 37.4 Å². The second-order valence-electron chi connectivity index (χ2n) is 8.03. The average Bonchev–Trinajstić information content (AvgIpc) is 3.55. The largest absolute Gasteiger partial charge is 0.336 e. The van der Waals surface area contributed by atoms with Crippen LogP contribution in [-0.4, -0.2) is 54.8 Å². The molecule has 0 radical (unpaired) electrons. The molecular formula is C23H26FN3O2. The van der Waals surface area contributed by atoms with Crippen LogP contribution in [0, 0.1) is 11.7 Å². The summed E-state index contributed by atoms with van der Waals surface area (Å²) in [5.41, 5.74) is 2.13. The highest BCUT2D eigenvalue weighted by Crippen LogP contribution is 2.43. The molecule has 2 aromatic rings. The molecule has 1 unspecified atom stereocenters. The summed E-state index contributed by atoms with van der Waals surface area (Å²) in [6.45, 7) is 3.22. The van der Waals surface area contributed by atoms with Crippen molar-refractivity contribution < 1.29 is 14.0 Å². The van der Waals surface area contributed by atoms with Gasteiger partial charge >= 0.3 is 0 Å². The molecule has 1 saturated heterocycles. The van der Waals surface area contributed by atoms with Crippen LogP contribution in [0.1, 0.15) is 34.7 Å². The standard InChI is InChI=1S/C23H26FN3O2/c1-26-12-14-27(15-13-26)23(29)18-6-10-20(11-7-18)25-22(28)21(16-2-3-16)17-4-8-19(24)9-5-17/h4-11,16,21H,2-3,12-15H2,1H3,(H,25,28). The molecule has 5 nitrogen and oxygen atoms in total. The molecule has 0 aromatic heterocycles. The van der Waals surface area contributed by atoms with E-state index in [9.17, 15) is 14.0 Å². The highest BCUT2D eigenvalue weighted by Gasteiger charge is 2.37. The molecule has 1 saturated carbocycles. The quantitative estimate of drug-likeness (QED) is 0.845. The van der Waals surface area contributed by atoms with E-state index in [1.165, 1.54) is 12.1 Å². The van der Waals surface area contributed by atoms with Gasteiger partial charge in [-0.25, -0.2) is 4.39 Å². The van der Waals surface area contributed by atoms with Gasteiger partial charge in [-0.2, -0.15) is 0 Å². The first-order valence-electron chi connectivity index (χ1n) is 10.2. The SMILES string of the molecule is CN1CCN(C(=O)c2ccc(NC(=O)C(c3ccc(F)cc3)C3CC3)cc2)CC1. The summed E-state index contributed by atoms with van der Waals surface area (Å²) in [6, 6.07) is 13.3. The van der Waals surface area contributed by atoms with E-state index in [1.807, 2.05) is 4.90 Å². The lowest BCUT2D eigenvalue weighted by molar-refractivity contribution is -0.118. The van der Waals surface area contributed by atoms with Crippen LogP contribution < -0.4 is 5.32 Å². The summed E-state index contributed by atoms with van der Waals surface area (Å²) in [7, 11) is 2.06.